The molecule has 0 N–H and O–H groups in total. The number of aromatic nitrogens is 1. The van der Waals surface area contributed by atoms with Crippen molar-refractivity contribution in [3.8, 4) is 22.8 Å². The molecule has 0 spiro atoms. The zero-order chi connectivity index (χ0) is 15.5. The van der Waals surface area contributed by atoms with Gasteiger partial charge in [-0.3, -0.25) is 4.79 Å². The fraction of sp³-hybridized carbons (Fsp3) is 0.143. The van der Waals surface area contributed by atoms with Crippen molar-refractivity contribution in [3.05, 3.63) is 42.1 Å². The summed E-state index contributed by atoms with van der Waals surface area (Å²) in [6, 6.07) is 6.61. The van der Waals surface area contributed by atoms with Crippen LogP contribution in [0.2, 0.25) is 0 Å². The van der Waals surface area contributed by atoms with Gasteiger partial charge >= 0.3 is 6.36 Å². The number of carbonyl (C=O) groups is 1. The molecule has 0 saturated heterocycles. The van der Waals surface area contributed by atoms with Crippen LogP contribution in [-0.4, -0.2) is 24.7 Å². The Hall–Kier alpha value is -2.57. The highest BCUT2D eigenvalue weighted by molar-refractivity contribution is 5.87. The topological polar surface area (TPSA) is 48.4 Å². The van der Waals surface area contributed by atoms with E-state index in [1.54, 1.807) is 0 Å². The molecule has 2 aromatic rings. The van der Waals surface area contributed by atoms with Crippen molar-refractivity contribution in [3.63, 3.8) is 0 Å². The van der Waals surface area contributed by atoms with Crippen LogP contribution < -0.4 is 9.47 Å². The first-order valence-electron chi connectivity index (χ1n) is 5.78. The van der Waals surface area contributed by atoms with E-state index in [2.05, 4.69) is 9.72 Å². The van der Waals surface area contributed by atoms with E-state index >= 15 is 0 Å². The summed E-state index contributed by atoms with van der Waals surface area (Å²) in [6.45, 7) is 0. The van der Waals surface area contributed by atoms with Crippen LogP contribution in [0.1, 0.15) is 10.4 Å². The van der Waals surface area contributed by atoms with Crippen LogP contribution in [0.25, 0.3) is 11.1 Å². The number of benzene rings is 1. The van der Waals surface area contributed by atoms with Gasteiger partial charge in [0.15, 0.2) is 6.29 Å². The van der Waals surface area contributed by atoms with Crippen LogP contribution in [0.4, 0.5) is 13.2 Å². The smallest absolute Gasteiger partial charge is 0.481 e. The molecule has 0 aliphatic rings. The van der Waals surface area contributed by atoms with Crippen LogP contribution in [0.5, 0.6) is 11.6 Å². The molecule has 110 valence electrons. The Kier molecular flexibility index (Phi) is 4.11. The average Bonchev–Trinajstić information content (AvgIpc) is 2.46. The maximum atomic E-state index is 12.1. The predicted molar refractivity (Wildman–Crippen MR) is 68.3 cm³/mol. The third-order valence-electron chi connectivity index (χ3n) is 2.65. The molecule has 1 aromatic heterocycles. The minimum Gasteiger partial charge on any atom is -0.481 e. The van der Waals surface area contributed by atoms with Crippen LogP contribution >= 0.6 is 0 Å². The summed E-state index contributed by atoms with van der Waals surface area (Å²) in [5.74, 6) is -0.0572. The van der Waals surface area contributed by atoms with Crippen molar-refractivity contribution in [1.82, 2.24) is 4.98 Å². The summed E-state index contributed by atoms with van der Waals surface area (Å²) in [5.41, 5.74) is 1.36. The molecule has 0 atom stereocenters. The number of hydrogen-bond donors (Lipinski definition) is 0. The van der Waals surface area contributed by atoms with Gasteiger partial charge in [0.25, 0.3) is 0 Å². The quantitative estimate of drug-likeness (QED) is 0.811. The van der Waals surface area contributed by atoms with E-state index in [1.165, 1.54) is 43.6 Å². The molecule has 0 saturated carbocycles. The summed E-state index contributed by atoms with van der Waals surface area (Å²) in [6.07, 6.45) is -2.70. The molecule has 0 aliphatic heterocycles. The van der Waals surface area contributed by atoms with Gasteiger partial charge in [-0.1, -0.05) is 12.1 Å². The number of carbonyl (C=O) groups excluding carboxylic acids is 1. The molecule has 0 bridgehead atoms. The van der Waals surface area contributed by atoms with E-state index in [1.807, 2.05) is 0 Å². The lowest BCUT2D eigenvalue weighted by Crippen LogP contribution is -2.16. The van der Waals surface area contributed by atoms with Crippen molar-refractivity contribution in [1.29, 1.82) is 0 Å². The molecular formula is C14H10F3NO3. The largest absolute Gasteiger partial charge is 0.573 e. The van der Waals surface area contributed by atoms with Crippen molar-refractivity contribution >= 4 is 6.29 Å². The van der Waals surface area contributed by atoms with Crippen molar-refractivity contribution < 1.29 is 27.4 Å². The van der Waals surface area contributed by atoms with Crippen molar-refractivity contribution in [2.75, 3.05) is 7.11 Å². The molecule has 0 unspecified atom stereocenters. The number of aldehydes is 1. The van der Waals surface area contributed by atoms with Crippen LogP contribution in [0.3, 0.4) is 0 Å². The van der Waals surface area contributed by atoms with Gasteiger partial charge in [-0.15, -0.1) is 13.2 Å². The van der Waals surface area contributed by atoms with Gasteiger partial charge in [0.1, 0.15) is 5.75 Å². The minimum absolute atomic E-state index is 0.276. The number of pyridine rings is 1. The molecule has 0 amide bonds. The number of rotatable bonds is 4. The summed E-state index contributed by atoms with van der Waals surface area (Å²) in [4.78, 5) is 15.0. The molecule has 2 rings (SSSR count). The molecule has 0 aliphatic carbocycles. The lowest BCUT2D eigenvalue weighted by atomic mass is 10.0. The zero-order valence-electron chi connectivity index (χ0n) is 10.8. The van der Waals surface area contributed by atoms with Crippen LogP contribution in [-0.2, 0) is 0 Å². The third kappa shape index (κ3) is 3.71. The summed E-state index contributed by atoms with van der Waals surface area (Å²) >= 11 is 0. The van der Waals surface area contributed by atoms with Gasteiger partial charge in [0.05, 0.1) is 7.11 Å². The summed E-state index contributed by atoms with van der Waals surface area (Å²) < 4.78 is 44.9. The van der Waals surface area contributed by atoms with E-state index < -0.39 is 6.36 Å². The molecule has 21 heavy (non-hydrogen) atoms. The molecular weight excluding hydrogens is 287 g/mol. The third-order valence-corrected chi connectivity index (χ3v) is 2.65. The number of ether oxygens (including phenoxy) is 2. The van der Waals surface area contributed by atoms with E-state index in [-0.39, 0.29) is 11.6 Å². The first-order valence-corrected chi connectivity index (χ1v) is 5.78. The van der Waals surface area contributed by atoms with Crippen LogP contribution in [0, 0.1) is 0 Å². The monoisotopic (exact) mass is 297 g/mol. The highest BCUT2D eigenvalue weighted by Gasteiger charge is 2.30. The first kappa shape index (κ1) is 14.8. The molecule has 4 nitrogen and oxygen atoms in total. The molecule has 0 fully saturated rings. The second-order valence-electron chi connectivity index (χ2n) is 4.00. The van der Waals surface area contributed by atoms with E-state index in [9.17, 15) is 18.0 Å². The van der Waals surface area contributed by atoms with Crippen molar-refractivity contribution in [2.24, 2.45) is 0 Å². The number of nitrogens with zero attached hydrogens (tertiary/aromatic N) is 1. The maximum Gasteiger partial charge on any atom is 0.573 e. The molecule has 7 heteroatoms. The SMILES string of the molecule is COc1cc(C=O)c(-c2ccc(OC(F)(F)F)cc2)cn1. The standard InChI is InChI=1S/C14H10F3NO3/c1-20-13-6-10(8-19)12(7-18-13)9-2-4-11(5-3-9)21-14(15,16)17/h2-8H,1H3. The van der Waals surface area contributed by atoms with Gasteiger partial charge < -0.3 is 9.47 Å². The number of methoxy groups -OCH3 is 1. The normalized spacial score (nSPS) is 11.0. The summed E-state index contributed by atoms with van der Waals surface area (Å²) in [5, 5.41) is 0. The van der Waals surface area contributed by atoms with E-state index in [0.29, 0.717) is 23.0 Å². The zero-order valence-corrected chi connectivity index (χ0v) is 10.8. The van der Waals surface area contributed by atoms with E-state index in [4.69, 9.17) is 4.74 Å². The molecule has 1 heterocycles. The Morgan fingerprint density at radius 1 is 1.19 bits per heavy atom. The summed E-state index contributed by atoms with van der Waals surface area (Å²) in [7, 11) is 1.42. The van der Waals surface area contributed by atoms with Gasteiger partial charge in [-0.05, 0) is 17.7 Å². The number of alkyl halides is 3. The van der Waals surface area contributed by atoms with Crippen molar-refractivity contribution in [2.45, 2.75) is 6.36 Å². The first-order chi connectivity index (χ1) is 9.93. The lowest BCUT2D eigenvalue weighted by molar-refractivity contribution is -0.274. The van der Waals surface area contributed by atoms with Gasteiger partial charge in [0.2, 0.25) is 5.88 Å². The Morgan fingerprint density at radius 3 is 2.38 bits per heavy atom. The van der Waals surface area contributed by atoms with Gasteiger partial charge in [-0.2, -0.15) is 0 Å². The lowest BCUT2D eigenvalue weighted by Gasteiger charge is -2.10. The Labute approximate surface area is 118 Å². The van der Waals surface area contributed by atoms with Crippen LogP contribution in [0.15, 0.2) is 36.5 Å². The fourth-order valence-electron chi connectivity index (χ4n) is 1.74. The number of hydrogen-bond acceptors (Lipinski definition) is 4. The second kappa shape index (κ2) is 5.82. The molecule has 1 aromatic carbocycles. The highest BCUT2D eigenvalue weighted by Crippen LogP contribution is 2.28. The molecule has 0 radical (unpaired) electrons. The van der Waals surface area contributed by atoms with Gasteiger partial charge in [-0.25, -0.2) is 4.98 Å². The predicted octanol–water partition coefficient (Wildman–Crippen LogP) is 3.47. The Balaban J connectivity index is 2.32. The average molecular weight is 297 g/mol. The van der Waals surface area contributed by atoms with E-state index in [0.717, 1.165) is 0 Å². The Morgan fingerprint density at radius 2 is 1.86 bits per heavy atom. The Bertz CT molecular complexity index is 639. The number of halogens is 3. The maximum absolute atomic E-state index is 12.1. The second-order valence-corrected chi connectivity index (χ2v) is 4.00. The minimum atomic E-state index is -4.74. The fourth-order valence-corrected chi connectivity index (χ4v) is 1.74. The highest BCUT2D eigenvalue weighted by atomic mass is 19.4. The van der Waals surface area contributed by atoms with Gasteiger partial charge in [0, 0.05) is 23.4 Å².